The van der Waals surface area contributed by atoms with Crippen molar-refractivity contribution in [1.82, 2.24) is 19.7 Å². The van der Waals surface area contributed by atoms with Crippen molar-refractivity contribution < 1.29 is 4.79 Å². The second kappa shape index (κ2) is 7.67. The van der Waals surface area contributed by atoms with Crippen LogP contribution in [0.2, 0.25) is 0 Å². The smallest absolute Gasteiger partial charge is 0.264 e. The van der Waals surface area contributed by atoms with Gasteiger partial charge >= 0.3 is 0 Å². The number of hydrogen-bond donors (Lipinski definition) is 0. The lowest BCUT2D eigenvalue weighted by Gasteiger charge is -2.42. The van der Waals surface area contributed by atoms with Crippen LogP contribution in [0.1, 0.15) is 28.1 Å². The largest absolute Gasteiger partial charge is 0.335 e. The van der Waals surface area contributed by atoms with Gasteiger partial charge in [0.15, 0.2) is 0 Å². The van der Waals surface area contributed by atoms with Crippen molar-refractivity contribution >= 4 is 38.4 Å². The van der Waals surface area contributed by atoms with Gasteiger partial charge in [-0.25, -0.2) is 4.98 Å². The van der Waals surface area contributed by atoms with E-state index < -0.39 is 0 Å². The average molecular weight is 409 g/mol. The van der Waals surface area contributed by atoms with Crippen molar-refractivity contribution in [3.63, 3.8) is 0 Å². The van der Waals surface area contributed by atoms with E-state index in [4.69, 9.17) is 4.98 Å². The maximum absolute atomic E-state index is 13.1. The molecule has 0 radical (unpaired) electrons. The third-order valence-corrected chi connectivity index (χ3v) is 7.51. The molecule has 4 heterocycles. The number of fused-ring (bicyclic) bond motifs is 2. The third-order valence-electron chi connectivity index (χ3n) is 6.47. The molecule has 5 rings (SSSR count). The van der Waals surface area contributed by atoms with Gasteiger partial charge in [-0.15, -0.1) is 11.3 Å². The summed E-state index contributed by atoms with van der Waals surface area (Å²) in [4.78, 5) is 26.7. The standard InChI is InChI=1S/C23H28N4OS/c1-16-3-4-20-17(13-16)14-18-15-21(29-22(18)24-20)23(28)27-11-9-26(10-12-27)19-5-7-25(2)8-6-19/h3-4,13-15,19H,5-12H2,1-2H3. The zero-order valence-corrected chi connectivity index (χ0v) is 18.0. The van der Waals surface area contributed by atoms with E-state index >= 15 is 0 Å². The second-order valence-electron chi connectivity index (χ2n) is 8.55. The van der Waals surface area contributed by atoms with Gasteiger partial charge < -0.3 is 9.80 Å². The number of hydrogen-bond acceptors (Lipinski definition) is 5. The van der Waals surface area contributed by atoms with Gasteiger partial charge in [-0.3, -0.25) is 9.69 Å². The molecule has 0 saturated carbocycles. The number of carbonyl (C=O) groups is 1. The van der Waals surface area contributed by atoms with E-state index in [1.165, 1.54) is 42.8 Å². The Morgan fingerprint density at radius 1 is 1.00 bits per heavy atom. The van der Waals surface area contributed by atoms with Crippen molar-refractivity contribution in [2.45, 2.75) is 25.8 Å². The number of thiophene rings is 1. The number of piperidine rings is 1. The average Bonchev–Trinajstić information content (AvgIpc) is 3.15. The van der Waals surface area contributed by atoms with Crippen molar-refractivity contribution in [1.29, 1.82) is 0 Å². The summed E-state index contributed by atoms with van der Waals surface area (Å²) in [7, 11) is 2.21. The van der Waals surface area contributed by atoms with Crippen molar-refractivity contribution in [2.75, 3.05) is 46.3 Å². The van der Waals surface area contributed by atoms with Crippen LogP contribution in [0.15, 0.2) is 30.3 Å². The molecule has 2 aliphatic rings. The lowest BCUT2D eigenvalue weighted by Crippen LogP contribution is -2.54. The monoisotopic (exact) mass is 408 g/mol. The lowest BCUT2D eigenvalue weighted by molar-refractivity contribution is 0.0479. The van der Waals surface area contributed by atoms with Gasteiger partial charge in [0.2, 0.25) is 0 Å². The van der Waals surface area contributed by atoms with Gasteiger partial charge in [-0.1, -0.05) is 11.6 Å². The molecule has 29 heavy (non-hydrogen) atoms. The zero-order chi connectivity index (χ0) is 20.0. The number of aromatic nitrogens is 1. The summed E-state index contributed by atoms with van der Waals surface area (Å²) in [5.74, 6) is 0.163. The van der Waals surface area contributed by atoms with Gasteiger partial charge in [0, 0.05) is 43.0 Å². The summed E-state index contributed by atoms with van der Waals surface area (Å²) in [5, 5.41) is 2.21. The summed E-state index contributed by atoms with van der Waals surface area (Å²) in [6.07, 6.45) is 2.50. The van der Waals surface area contributed by atoms with Crippen LogP contribution < -0.4 is 0 Å². The quantitative estimate of drug-likeness (QED) is 0.649. The van der Waals surface area contributed by atoms with E-state index in [1.54, 1.807) is 0 Å². The van der Waals surface area contributed by atoms with E-state index in [9.17, 15) is 4.79 Å². The van der Waals surface area contributed by atoms with Crippen molar-refractivity contribution in [2.24, 2.45) is 0 Å². The van der Waals surface area contributed by atoms with Gasteiger partial charge in [-0.2, -0.15) is 0 Å². The Kier molecular flexibility index (Phi) is 5.02. The summed E-state index contributed by atoms with van der Waals surface area (Å²) in [6.45, 7) is 8.11. The summed E-state index contributed by atoms with van der Waals surface area (Å²) >= 11 is 1.53. The van der Waals surface area contributed by atoms with Crippen LogP contribution in [-0.2, 0) is 0 Å². The molecule has 1 amide bonds. The lowest BCUT2D eigenvalue weighted by atomic mass is 10.0. The van der Waals surface area contributed by atoms with Crippen LogP contribution in [0, 0.1) is 6.92 Å². The predicted octanol–water partition coefficient (Wildman–Crippen LogP) is 3.61. The highest BCUT2D eigenvalue weighted by molar-refractivity contribution is 7.20. The minimum atomic E-state index is 0.163. The zero-order valence-electron chi connectivity index (χ0n) is 17.2. The summed E-state index contributed by atoms with van der Waals surface area (Å²) in [6, 6.07) is 11.2. The minimum absolute atomic E-state index is 0.163. The number of pyridine rings is 1. The second-order valence-corrected chi connectivity index (χ2v) is 9.58. The molecule has 0 unspecified atom stereocenters. The molecule has 5 nitrogen and oxygen atoms in total. The minimum Gasteiger partial charge on any atom is -0.335 e. The Bertz CT molecular complexity index is 1050. The summed E-state index contributed by atoms with van der Waals surface area (Å²) < 4.78 is 0. The number of amides is 1. The number of aryl methyl sites for hydroxylation is 1. The van der Waals surface area contributed by atoms with E-state index in [2.05, 4.69) is 48.0 Å². The Labute approximate surface area is 175 Å². The van der Waals surface area contributed by atoms with Gasteiger partial charge in [0.25, 0.3) is 5.91 Å². The van der Waals surface area contributed by atoms with E-state index in [0.29, 0.717) is 6.04 Å². The molecule has 0 N–H and O–H groups in total. The number of benzene rings is 1. The van der Waals surface area contributed by atoms with Gasteiger partial charge in [0.05, 0.1) is 10.4 Å². The molecule has 0 atom stereocenters. The van der Waals surface area contributed by atoms with Crippen LogP contribution in [0.4, 0.5) is 0 Å². The normalized spacial score (nSPS) is 20.0. The highest BCUT2D eigenvalue weighted by atomic mass is 32.1. The summed E-state index contributed by atoms with van der Waals surface area (Å²) in [5.41, 5.74) is 2.23. The molecular formula is C23H28N4OS. The fourth-order valence-corrected chi connectivity index (χ4v) is 5.66. The topological polar surface area (TPSA) is 39.7 Å². The van der Waals surface area contributed by atoms with E-state index in [-0.39, 0.29) is 5.91 Å². The molecule has 152 valence electrons. The maximum atomic E-state index is 13.1. The molecule has 3 aromatic rings. The Balaban J connectivity index is 1.29. The molecule has 1 aromatic carbocycles. The number of nitrogens with zero attached hydrogens (tertiary/aromatic N) is 4. The number of piperazine rings is 1. The molecule has 0 spiro atoms. The maximum Gasteiger partial charge on any atom is 0.264 e. The first kappa shape index (κ1) is 19.0. The third kappa shape index (κ3) is 3.77. The molecular weight excluding hydrogens is 380 g/mol. The van der Waals surface area contributed by atoms with Crippen LogP contribution in [0.25, 0.3) is 21.1 Å². The molecule has 2 aliphatic heterocycles. The number of likely N-dealkylation sites (tertiary alicyclic amines) is 1. The first-order valence-corrected chi connectivity index (χ1v) is 11.4. The Morgan fingerprint density at radius 3 is 2.52 bits per heavy atom. The van der Waals surface area contributed by atoms with Gasteiger partial charge in [-0.05, 0) is 64.2 Å². The highest BCUT2D eigenvalue weighted by Gasteiger charge is 2.29. The predicted molar refractivity (Wildman–Crippen MR) is 120 cm³/mol. The van der Waals surface area contributed by atoms with Gasteiger partial charge in [0.1, 0.15) is 4.83 Å². The van der Waals surface area contributed by atoms with E-state index in [1.807, 2.05) is 11.0 Å². The molecule has 2 fully saturated rings. The molecule has 6 heteroatoms. The van der Waals surface area contributed by atoms with Crippen LogP contribution in [0.3, 0.4) is 0 Å². The van der Waals surface area contributed by atoms with Crippen molar-refractivity contribution in [3.05, 3.63) is 40.8 Å². The van der Waals surface area contributed by atoms with Crippen molar-refractivity contribution in [3.8, 4) is 0 Å². The first-order chi connectivity index (χ1) is 14.1. The van der Waals surface area contributed by atoms with Crippen LogP contribution >= 0.6 is 11.3 Å². The highest BCUT2D eigenvalue weighted by Crippen LogP contribution is 2.29. The Hall–Kier alpha value is -2.02. The molecule has 2 aromatic heterocycles. The molecule has 0 aliphatic carbocycles. The molecule has 0 bridgehead atoms. The van der Waals surface area contributed by atoms with Crippen LogP contribution in [0.5, 0.6) is 0 Å². The first-order valence-electron chi connectivity index (χ1n) is 10.6. The Morgan fingerprint density at radius 2 is 1.76 bits per heavy atom. The fraction of sp³-hybridized carbons (Fsp3) is 0.478. The number of carbonyl (C=O) groups excluding carboxylic acids is 1. The van der Waals surface area contributed by atoms with E-state index in [0.717, 1.165) is 52.2 Å². The fourth-order valence-electron chi connectivity index (χ4n) is 4.67. The molecule has 2 saturated heterocycles. The van der Waals surface area contributed by atoms with Crippen LogP contribution in [-0.4, -0.2) is 77.9 Å². The number of rotatable bonds is 2. The SMILES string of the molecule is Cc1ccc2nc3sc(C(=O)N4CCN(C5CCN(C)CC5)CC4)cc3cc2c1.